The minimum atomic E-state index is -1.23. The highest BCUT2D eigenvalue weighted by Gasteiger charge is 2.50. The van der Waals surface area contributed by atoms with E-state index < -0.39 is 47.7 Å². The van der Waals surface area contributed by atoms with Gasteiger partial charge in [0.25, 0.3) is 11.8 Å². The first-order valence-corrected chi connectivity index (χ1v) is 12.8. The van der Waals surface area contributed by atoms with Crippen LogP contribution in [0.5, 0.6) is 0 Å². The number of hydrogen-bond donors (Lipinski definition) is 4. The number of anilines is 2. The van der Waals surface area contributed by atoms with Crippen LogP contribution in [0.3, 0.4) is 0 Å². The van der Waals surface area contributed by atoms with Crippen LogP contribution in [0.15, 0.2) is 42.5 Å². The minimum absolute atomic E-state index is 0.261. The molecule has 0 radical (unpaired) electrons. The Hall–Kier alpha value is -4.74. The fourth-order valence-corrected chi connectivity index (χ4v) is 5.23. The summed E-state index contributed by atoms with van der Waals surface area (Å²) in [4.78, 5) is 77.3. The lowest BCUT2D eigenvalue weighted by atomic mass is 9.96. The maximum atomic E-state index is 13.5. The summed E-state index contributed by atoms with van der Waals surface area (Å²) in [6.07, 6.45) is -0.518. The number of alkyl carbamates (subject to hydrolysis) is 1. The summed E-state index contributed by atoms with van der Waals surface area (Å²) in [5, 5.41) is 10.2. The number of carbonyl (C=O) groups is 6. The highest BCUT2D eigenvalue weighted by Crippen LogP contribution is 2.34. The topological polar surface area (TPSA) is 163 Å². The van der Waals surface area contributed by atoms with Gasteiger partial charge in [0.1, 0.15) is 23.7 Å². The van der Waals surface area contributed by atoms with E-state index in [1.165, 1.54) is 4.90 Å². The molecule has 12 nitrogen and oxygen atoms in total. The van der Waals surface area contributed by atoms with Gasteiger partial charge in [0.05, 0.1) is 5.69 Å². The Labute approximate surface area is 229 Å². The Bertz CT molecular complexity index is 1460. The van der Waals surface area contributed by atoms with Gasteiger partial charge in [0, 0.05) is 30.5 Å². The van der Waals surface area contributed by atoms with Crippen LogP contribution in [0.4, 0.5) is 21.0 Å². The Morgan fingerprint density at radius 2 is 1.77 bits per heavy atom. The van der Waals surface area contributed by atoms with E-state index in [0.29, 0.717) is 12.1 Å². The van der Waals surface area contributed by atoms with Crippen LogP contribution in [0.25, 0.3) is 0 Å². The largest absolute Gasteiger partial charge is 0.444 e. The number of imide groups is 1. The lowest BCUT2D eigenvalue weighted by molar-refractivity contribution is -0.123. The molecule has 6 amide bonds. The van der Waals surface area contributed by atoms with Gasteiger partial charge >= 0.3 is 12.1 Å². The molecular weight excluding hydrogens is 518 g/mol. The summed E-state index contributed by atoms with van der Waals surface area (Å²) in [6, 6.07) is 9.88. The average molecular weight is 548 g/mol. The number of urea groups is 1. The van der Waals surface area contributed by atoms with E-state index in [9.17, 15) is 28.8 Å². The quantitative estimate of drug-likeness (QED) is 0.424. The molecule has 3 aliphatic rings. The van der Waals surface area contributed by atoms with Crippen molar-refractivity contribution in [2.75, 3.05) is 16.8 Å². The number of Topliss-reactive ketones (excluding diaryl/α,β-unsaturated/α-hetero) is 1. The van der Waals surface area contributed by atoms with Crippen molar-refractivity contribution >= 4 is 47.0 Å². The fraction of sp³-hybridized carbons (Fsp3) is 0.357. The van der Waals surface area contributed by atoms with Gasteiger partial charge in [-0.25, -0.2) is 9.59 Å². The van der Waals surface area contributed by atoms with Crippen molar-refractivity contribution in [3.8, 4) is 0 Å². The van der Waals surface area contributed by atoms with Crippen LogP contribution >= 0.6 is 0 Å². The number of carbonyl (C=O) groups excluding carboxylic acids is 6. The number of para-hydroxylation sites is 1. The molecular formula is C28H29N5O7. The zero-order chi connectivity index (χ0) is 28.8. The van der Waals surface area contributed by atoms with E-state index in [0.717, 1.165) is 11.1 Å². The Balaban J connectivity index is 1.33. The van der Waals surface area contributed by atoms with Crippen molar-refractivity contribution < 1.29 is 33.5 Å². The molecule has 2 aromatic rings. The van der Waals surface area contributed by atoms with Gasteiger partial charge < -0.3 is 25.6 Å². The predicted octanol–water partition coefficient (Wildman–Crippen LogP) is 1.81. The SMILES string of the molecule is CC(C)(C)OC(=O)N[C@H]1CC(=O)c2ccccc2N(CC(=O)Nc2ccc3c(c2)CC2(C3)NC(=O)NC2=O)C1=O. The zero-order valence-electron chi connectivity index (χ0n) is 22.3. The van der Waals surface area contributed by atoms with Crippen LogP contribution in [-0.2, 0) is 32.0 Å². The maximum absolute atomic E-state index is 13.5. The molecule has 2 atom stereocenters. The molecule has 2 aromatic carbocycles. The number of amides is 6. The zero-order valence-corrected chi connectivity index (χ0v) is 22.3. The van der Waals surface area contributed by atoms with E-state index in [-0.39, 0.29) is 35.8 Å². The average Bonchev–Trinajstić information content (AvgIpc) is 3.33. The Morgan fingerprint density at radius 3 is 2.48 bits per heavy atom. The smallest absolute Gasteiger partial charge is 0.408 e. The van der Waals surface area contributed by atoms with Crippen molar-refractivity contribution in [1.29, 1.82) is 0 Å². The van der Waals surface area contributed by atoms with Gasteiger partial charge in [0.15, 0.2) is 5.78 Å². The van der Waals surface area contributed by atoms with Crippen LogP contribution in [0.2, 0.25) is 0 Å². The second-order valence-corrected chi connectivity index (χ2v) is 11.1. The molecule has 40 heavy (non-hydrogen) atoms. The normalized spacial score (nSPS) is 21.8. The Kier molecular flexibility index (Phi) is 6.56. The second-order valence-electron chi connectivity index (χ2n) is 11.1. The maximum Gasteiger partial charge on any atom is 0.408 e. The number of ether oxygens (including phenoxy) is 1. The summed E-state index contributed by atoms with van der Waals surface area (Å²) < 4.78 is 5.26. The fourth-order valence-electron chi connectivity index (χ4n) is 5.23. The molecule has 5 rings (SSSR count). The Morgan fingerprint density at radius 1 is 1.05 bits per heavy atom. The molecule has 1 fully saturated rings. The van der Waals surface area contributed by atoms with Crippen LogP contribution in [0.1, 0.15) is 48.7 Å². The molecule has 1 unspecified atom stereocenters. The molecule has 0 saturated carbocycles. The van der Waals surface area contributed by atoms with Crippen LogP contribution in [-0.4, -0.2) is 59.4 Å². The molecule has 12 heteroatoms. The van der Waals surface area contributed by atoms with Crippen molar-refractivity contribution in [2.24, 2.45) is 0 Å². The number of nitrogens with one attached hydrogen (secondary N) is 4. The van der Waals surface area contributed by atoms with Gasteiger partial charge in [-0.3, -0.25) is 24.5 Å². The van der Waals surface area contributed by atoms with Crippen molar-refractivity contribution in [3.05, 3.63) is 59.2 Å². The van der Waals surface area contributed by atoms with Crippen molar-refractivity contribution in [2.45, 2.75) is 57.2 Å². The number of benzene rings is 2. The van der Waals surface area contributed by atoms with Crippen LogP contribution in [0, 0.1) is 0 Å². The van der Waals surface area contributed by atoms with E-state index in [1.807, 2.05) is 0 Å². The third-order valence-electron chi connectivity index (χ3n) is 6.93. The summed E-state index contributed by atoms with van der Waals surface area (Å²) >= 11 is 0. The van der Waals surface area contributed by atoms with E-state index >= 15 is 0 Å². The molecule has 4 N–H and O–H groups in total. The first kappa shape index (κ1) is 26.9. The summed E-state index contributed by atoms with van der Waals surface area (Å²) in [6.45, 7) is 4.61. The highest BCUT2D eigenvalue weighted by molar-refractivity contribution is 6.15. The lowest BCUT2D eigenvalue weighted by Gasteiger charge is -2.26. The lowest BCUT2D eigenvalue weighted by Crippen LogP contribution is -2.51. The number of rotatable bonds is 4. The van der Waals surface area contributed by atoms with E-state index in [1.54, 1.807) is 63.2 Å². The van der Waals surface area contributed by atoms with Gasteiger partial charge in [-0.2, -0.15) is 0 Å². The summed E-state index contributed by atoms with van der Waals surface area (Å²) in [5.41, 5.74) is 0.803. The van der Waals surface area contributed by atoms with Gasteiger partial charge in [-0.05, 0) is 56.2 Å². The van der Waals surface area contributed by atoms with Crippen molar-refractivity contribution in [3.63, 3.8) is 0 Å². The molecule has 1 spiro atoms. The number of fused-ring (bicyclic) bond motifs is 2. The molecule has 1 saturated heterocycles. The first-order valence-electron chi connectivity index (χ1n) is 12.8. The van der Waals surface area contributed by atoms with Crippen LogP contribution < -0.4 is 26.2 Å². The minimum Gasteiger partial charge on any atom is -0.444 e. The molecule has 2 heterocycles. The predicted molar refractivity (Wildman–Crippen MR) is 143 cm³/mol. The van der Waals surface area contributed by atoms with E-state index in [2.05, 4.69) is 21.3 Å². The highest BCUT2D eigenvalue weighted by atomic mass is 16.6. The number of hydrogen-bond acceptors (Lipinski definition) is 7. The van der Waals surface area contributed by atoms with Gasteiger partial charge in [-0.15, -0.1) is 0 Å². The van der Waals surface area contributed by atoms with Gasteiger partial charge in [0.2, 0.25) is 5.91 Å². The molecule has 0 aromatic heterocycles. The third kappa shape index (κ3) is 5.24. The second kappa shape index (κ2) is 9.78. The number of ketones is 1. The molecule has 0 bridgehead atoms. The monoisotopic (exact) mass is 547 g/mol. The molecule has 1 aliphatic carbocycles. The number of nitrogens with zero attached hydrogens (tertiary/aromatic N) is 1. The van der Waals surface area contributed by atoms with E-state index in [4.69, 9.17) is 4.74 Å². The molecule has 208 valence electrons. The first-order chi connectivity index (χ1) is 18.8. The van der Waals surface area contributed by atoms with Gasteiger partial charge in [-0.1, -0.05) is 18.2 Å². The summed E-state index contributed by atoms with van der Waals surface area (Å²) in [7, 11) is 0. The molecule has 2 aliphatic heterocycles. The third-order valence-corrected chi connectivity index (χ3v) is 6.93. The summed E-state index contributed by atoms with van der Waals surface area (Å²) in [5.74, 6) is -1.91. The standard InChI is InChI=1S/C28H29N5O7/c1-27(2,3)40-26(39)30-19-11-21(34)18-6-4-5-7-20(18)33(23(19)36)14-22(35)29-17-9-8-15-12-28(13-16(15)10-17)24(37)31-25(38)32-28/h4-10,19H,11-14H2,1-3H3,(H,29,35)(H,30,39)(H2,31,32,37,38)/t19-,28?/m0/s1. The van der Waals surface area contributed by atoms with Crippen molar-refractivity contribution in [1.82, 2.24) is 16.0 Å².